The lowest BCUT2D eigenvalue weighted by atomic mass is 10.1. The molecule has 2 atom stereocenters. The Labute approximate surface area is 101 Å². The maximum absolute atomic E-state index is 11.3. The maximum atomic E-state index is 11.3. The van der Waals surface area contributed by atoms with E-state index >= 15 is 0 Å². The van der Waals surface area contributed by atoms with Crippen LogP contribution in [-0.4, -0.2) is 31.5 Å². The van der Waals surface area contributed by atoms with E-state index in [1.165, 1.54) is 0 Å². The fourth-order valence-corrected chi connectivity index (χ4v) is 3.90. The van der Waals surface area contributed by atoms with E-state index in [1.54, 1.807) is 6.20 Å². The molecule has 1 aromatic heterocycles. The van der Waals surface area contributed by atoms with Gasteiger partial charge in [0.15, 0.2) is 15.7 Å². The second-order valence-corrected chi connectivity index (χ2v) is 7.00. The maximum Gasteiger partial charge on any atom is 0.194 e. The smallest absolute Gasteiger partial charge is 0.194 e. The number of aromatic nitrogens is 1. The van der Waals surface area contributed by atoms with Crippen LogP contribution < -0.4 is 5.73 Å². The van der Waals surface area contributed by atoms with Crippen LogP contribution in [0, 0.1) is 5.92 Å². The predicted octanol–water partition coefficient (Wildman–Crippen LogP) is 0.714. The molecule has 17 heavy (non-hydrogen) atoms. The van der Waals surface area contributed by atoms with Crippen LogP contribution in [0.3, 0.4) is 0 Å². The van der Waals surface area contributed by atoms with Crippen molar-refractivity contribution in [2.75, 3.05) is 18.1 Å². The van der Waals surface area contributed by atoms with Gasteiger partial charge in [0.25, 0.3) is 0 Å². The highest BCUT2D eigenvalue weighted by atomic mass is 32.2. The third-order valence-electron chi connectivity index (χ3n) is 3.20. The molecule has 0 bridgehead atoms. The summed E-state index contributed by atoms with van der Waals surface area (Å²) in [4.78, 5) is 4.18. The van der Waals surface area contributed by atoms with Gasteiger partial charge in [0, 0.05) is 18.9 Å². The molecule has 1 aliphatic heterocycles. The molecule has 1 saturated heterocycles. The molecule has 1 aliphatic rings. The van der Waals surface area contributed by atoms with Crippen molar-refractivity contribution in [3.05, 3.63) is 17.8 Å². The molecule has 0 aromatic carbocycles. The van der Waals surface area contributed by atoms with E-state index in [1.807, 2.05) is 6.92 Å². The Morgan fingerprint density at radius 1 is 1.65 bits per heavy atom. The predicted molar refractivity (Wildman–Crippen MR) is 64.4 cm³/mol. The Morgan fingerprint density at radius 2 is 2.41 bits per heavy atom. The summed E-state index contributed by atoms with van der Waals surface area (Å²) in [5, 5.41) is 0. The number of oxazole rings is 1. The van der Waals surface area contributed by atoms with Gasteiger partial charge >= 0.3 is 0 Å². The molecule has 0 saturated carbocycles. The molecule has 2 N–H and O–H groups in total. The normalized spacial score (nSPS) is 24.9. The Balaban J connectivity index is 1.98. The van der Waals surface area contributed by atoms with Crippen LogP contribution in [0.4, 0.5) is 0 Å². The van der Waals surface area contributed by atoms with Gasteiger partial charge in [0.2, 0.25) is 0 Å². The van der Waals surface area contributed by atoms with Crippen molar-refractivity contribution in [2.45, 2.75) is 25.7 Å². The molecular formula is C11H18N2O3S. The summed E-state index contributed by atoms with van der Waals surface area (Å²) in [7, 11) is -2.82. The quantitative estimate of drug-likeness (QED) is 0.859. The van der Waals surface area contributed by atoms with Crippen molar-refractivity contribution in [1.82, 2.24) is 4.98 Å². The van der Waals surface area contributed by atoms with Crippen molar-refractivity contribution in [3.63, 3.8) is 0 Å². The molecule has 2 heterocycles. The zero-order chi connectivity index (χ0) is 12.5. The van der Waals surface area contributed by atoms with Crippen LogP contribution in [0.2, 0.25) is 0 Å². The molecule has 0 radical (unpaired) electrons. The van der Waals surface area contributed by atoms with Crippen LogP contribution >= 0.6 is 0 Å². The Kier molecular flexibility index (Phi) is 3.53. The highest BCUT2D eigenvalue weighted by molar-refractivity contribution is 7.91. The van der Waals surface area contributed by atoms with Crippen LogP contribution in [0.1, 0.15) is 30.9 Å². The van der Waals surface area contributed by atoms with Crippen LogP contribution in [-0.2, 0) is 16.3 Å². The van der Waals surface area contributed by atoms with Crippen molar-refractivity contribution in [3.8, 4) is 0 Å². The van der Waals surface area contributed by atoms with Gasteiger partial charge in [-0.1, -0.05) is 6.92 Å². The van der Waals surface area contributed by atoms with E-state index in [2.05, 4.69) is 4.98 Å². The van der Waals surface area contributed by atoms with Gasteiger partial charge < -0.3 is 10.2 Å². The van der Waals surface area contributed by atoms with Crippen molar-refractivity contribution < 1.29 is 12.8 Å². The van der Waals surface area contributed by atoms with Gasteiger partial charge in [0.05, 0.1) is 17.7 Å². The van der Waals surface area contributed by atoms with Gasteiger partial charge in [-0.3, -0.25) is 0 Å². The molecule has 0 aliphatic carbocycles. The van der Waals surface area contributed by atoms with Gasteiger partial charge in [-0.15, -0.1) is 0 Å². The summed E-state index contributed by atoms with van der Waals surface area (Å²) in [6.45, 7) is 2.50. The molecule has 2 rings (SSSR count). The van der Waals surface area contributed by atoms with Crippen molar-refractivity contribution in [2.24, 2.45) is 11.7 Å². The van der Waals surface area contributed by atoms with E-state index < -0.39 is 9.84 Å². The largest absolute Gasteiger partial charge is 0.445 e. The number of nitrogens with zero attached hydrogens (tertiary/aromatic N) is 1. The minimum Gasteiger partial charge on any atom is -0.445 e. The lowest BCUT2D eigenvalue weighted by molar-refractivity contribution is 0.406. The van der Waals surface area contributed by atoms with Gasteiger partial charge in [-0.25, -0.2) is 13.4 Å². The molecule has 0 spiro atoms. The van der Waals surface area contributed by atoms with E-state index in [9.17, 15) is 8.42 Å². The van der Waals surface area contributed by atoms with Gasteiger partial charge in [-0.05, 0) is 12.3 Å². The summed E-state index contributed by atoms with van der Waals surface area (Å²) < 4.78 is 28.2. The van der Waals surface area contributed by atoms with Crippen molar-refractivity contribution in [1.29, 1.82) is 0 Å². The molecule has 1 aromatic rings. The van der Waals surface area contributed by atoms with Crippen LogP contribution in [0.5, 0.6) is 0 Å². The van der Waals surface area contributed by atoms with E-state index in [0.29, 0.717) is 31.0 Å². The zero-order valence-electron chi connectivity index (χ0n) is 9.93. The highest BCUT2D eigenvalue weighted by Gasteiger charge is 2.29. The first kappa shape index (κ1) is 12.6. The first-order valence-electron chi connectivity index (χ1n) is 5.85. The summed E-state index contributed by atoms with van der Waals surface area (Å²) >= 11 is 0. The van der Waals surface area contributed by atoms with Crippen molar-refractivity contribution >= 4 is 9.84 Å². The monoisotopic (exact) mass is 258 g/mol. The Morgan fingerprint density at radius 3 is 3.00 bits per heavy atom. The highest BCUT2D eigenvalue weighted by Crippen LogP contribution is 2.23. The number of hydrogen-bond acceptors (Lipinski definition) is 5. The van der Waals surface area contributed by atoms with E-state index in [0.717, 1.165) is 5.76 Å². The molecular weight excluding hydrogens is 240 g/mol. The number of hydrogen-bond donors (Lipinski definition) is 1. The van der Waals surface area contributed by atoms with Crippen LogP contribution in [0.25, 0.3) is 0 Å². The summed E-state index contributed by atoms with van der Waals surface area (Å²) in [5.74, 6) is 2.27. The third-order valence-corrected chi connectivity index (χ3v) is 5.04. The first-order chi connectivity index (χ1) is 8.00. The number of rotatable bonds is 4. The summed E-state index contributed by atoms with van der Waals surface area (Å²) in [5.41, 5.74) is 5.55. The first-order valence-corrected chi connectivity index (χ1v) is 7.67. The Bertz CT molecular complexity index is 481. The summed E-state index contributed by atoms with van der Waals surface area (Å²) in [6, 6.07) is 0. The SMILES string of the molecule is CC(CN)c1cnc(CC2CCS(=O)(=O)C2)o1. The topological polar surface area (TPSA) is 86.2 Å². The number of sulfone groups is 1. The second-order valence-electron chi connectivity index (χ2n) is 4.77. The summed E-state index contributed by atoms with van der Waals surface area (Å²) in [6.07, 6.45) is 3.01. The zero-order valence-corrected chi connectivity index (χ0v) is 10.7. The molecule has 2 unspecified atom stereocenters. The minimum absolute atomic E-state index is 0.152. The molecule has 0 amide bonds. The minimum atomic E-state index is -2.82. The average Bonchev–Trinajstić information content (AvgIpc) is 2.85. The molecule has 6 heteroatoms. The molecule has 5 nitrogen and oxygen atoms in total. The third kappa shape index (κ3) is 3.07. The molecule has 96 valence electrons. The second kappa shape index (κ2) is 4.78. The lowest BCUT2D eigenvalue weighted by Gasteiger charge is -2.04. The van der Waals surface area contributed by atoms with Gasteiger partial charge in [-0.2, -0.15) is 0 Å². The van der Waals surface area contributed by atoms with Gasteiger partial charge in [0.1, 0.15) is 5.76 Å². The fourth-order valence-electron chi connectivity index (χ4n) is 2.04. The molecule has 1 fully saturated rings. The van der Waals surface area contributed by atoms with Crippen LogP contribution in [0.15, 0.2) is 10.6 Å². The number of nitrogens with two attached hydrogens (primary N) is 1. The average molecular weight is 258 g/mol. The Hall–Kier alpha value is -0.880. The fraction of sp³-hybridized carbons (Fsp3) is 0.727. The standard InChI is InChI=1S/C11H18N2O3S/c1-8(5-12)10-6-13-11(16-10)4-9-2-3-17(14,15)7-9/h6,8-9H,2-5,7,12H2,1H3. The lowest BCUT2D eigenvalue weighted by Crippen LogP contribution is -2.08. The van der Waals surface area contributed by atoms with E-state index in [-0.39, 0.29) is 17.6 Å². The van der Waals surface area contributed by atoms with E-state index in [4.69, 9.17) is 10.2 Å².